The van der Waals surface area contributed by atoms with Crippen LogP contribution >= 0.6 is 11.9 Å². The molecule has 1 aromatic carbocycles. The fourth-order valence-corrected chi connectivity index (χ4v) is 3.71. The van der Waals surface area contributed by atoms with Crippen LogP contribution in [0.4, 0.5) is 5.69 Å². The fraction of sp³-hybridized carbons (Fsp3) is 0.350. The van der Waals surface area contributed by atoms with Gasteiger partial charge in [-0.05, 0) is 50.8 Å². The number of hydrogen-bond donors (Lipinski definition) is 0. The van der Waals surface area contributed by atoms with Crippen molar-refractivity contribution in [3.8, 4) is 0 Å². The highest BCUT2D eigenvalue weighted by molar-refractivity contribution is 8.00. The quantitative estimate of drug-likeness (QED) is 0.574. The van der Waals surface area contributed by atoms with Gasteiger partial charge in [-0.15, -0.1) is 0 Å². The first-order valence-corrected chi connectivity index (χ1v) is 10.1. The van der Waals surface area contributed by atoms with Crippen molar-refractivity contribution < 1.29 is 9.53 Å². The van der Waals surface area contributed by atoms with E-state index in [0.29, 0.717) is 5.82 Å². The van der Waals surface area contributed by atoms with E-state index in [1.807, 2.05) is 49.7 Å². The molecular weight excluding hydrogens is 362 g/mol. The molecular formula is C20H23N3O3S. The van der Waals surface area contributed by atoms with Crippen LogP contribution in [-0.4, -0.2) is 28.4 Å². The van der Waals surface area contributed by atoms with E-state index in [1.165, 1.54) is 6.20 Å². The zero-order valence-electron chi connectivity index (χ0n) is 15.7. The van der Waals surface area contributed by atoms with Gasteiger partial charge in [0.25, 0.3) is 5.56 Å². The van der Waals surface area contributed by atoms with Crippen molar-refractivity contribution in [2.45, 2.75) is 32.7 Å². The van der Waals surface area contributed by atoms with Crippen LogP contribution in [0.2, 0.25) is 0 Å². The van der Waals surface area contributed by atoms with Crippen LogP contribution < -0.4 is 9.86 Å². The van der Waals surface area contributed by atoms with Gasteiger partial charge in [-0.2, -0.15) is 0 Å². The molecule has 0 aliphatic carbocycles. The number of carbonyl (C=O) groups is 1. The second-order valence-electron chi connectivity index (χ2n) is 6.28. The van der Waals surface area contributed by atoms with Gasteiger partial charge in [0.05, 0.1) is 12.3 Å². The molecule has 27 heavy (non-hydrogen) atoms. The molecule has 0 spiro atoms. The highest BCUT2D eigenvalue weighted by Crippen LogP contribution is 2.32. The molecule has 0 bridgehead atoms. The number of allylic oxidation sites excluding steroid dienone is 1. The summed E-state index contributed by atoms with van der Waals surface area (Å²) in [5, 5.41) is 0. The van der Waals surface area contributed by atoms with Crippen molar-refractivity contribution in [1.82, 2.24) is 9.55 Å². The maximum absolute atomic E-state index is 12.9. The highest BCUT2D eigenvalue weighted by Gasteiger charge is 2.26. The predicted octanol–water partition coefficient (Wildman–Crippen LogP) is 3.90. The van der Waals surface area contributed by atoms with Crippen LogP contribution in [0.15, 0.2) is 47.5 Å². The number of rotatable bonds is 5. The van der Waals surface area contributed by atoms with E-state index in [0.717, 1.165) is 24.1 Å². The maximum atomic E-state index is 12.9. The number of benzene rings is 1. The van der Waals surface area contributed by atoms with E-state index < -0.39 is 5.97 Å². The van der Waals surface area contributed by atoms with Crippen molar-refractivity contribution in [3.05, 3.63) is 64.5 Å². The average molecular weight is 385 g/mol. The minimum absolute atomic E-state index is 0.0153. The Hall–Kier alpha value is -2.54. The van der Waals surface area contributed by atoms with Crippen LogP contribution in [0.5, 0.6) is 0 Å². The highest BCUT2D eigenvalue weighted by atomic mass is 32.2. The standard InChI is InChI=1S/C20H23N3O3S/c1-4-26-20(25)17-12-21-18-15(11-10-14(2)23(18)19(17)24)13-22(27-3)16-8-6-5-7-9-16/h5-9,12-14H,4,10-11H2,1-3H3. The van der Waals surface area contributed by atoms with Crippen molar-refractivity contribution in [1.29, 1.82) is 0 Å². The zero-order valence-corrected chi connectivity index (χ0v) is 16.5. The van der Waals surface area contributed by atoms with Crippen molar-refractivity contribution >= 4 is 29.2 Å². The number of fused-ring (bicyclic) bond motifs is 1. The van der Waals surface area contributed by atoms with Crippen molar-refractivity contribution in [2.75, 3.05) is 17.2 Å². The normalized spacial score (nSPS) is 17.4. The van der Waals surface area contributed by atoms with Crippen molar-refractivity contribution in [3.63, 3.8) is 0 Å². The molecule has 1 unspecified atom stereocenters. The van der Waals surface area contributed by atoms with E-state index in [4.69, 9.17) is 4.74 Å². The van der Waals surface area contributed by atoms with Gasteiger partial charge in [0.15, 0.2) is 0 Å². The minimum atomic E-state index is -0.622. The Morgan fingerprint density at radius 3 is 2.81 bits per heavy atom. The summed E-state index contributed by atoms with van der Waals surface area (Å²) in [6.07, 6.45) is 6.98. The summed E-state index contributed by atoms with van der Waals surface area (Å²) in [7, 11) is 0. The molecule has 6 nitrogen and oxygen atoms in total. The van der Waals surface area contributed by atoms with Gasteiger partial charge in [0.2, 0.25) is 0 Å². The molecule has 0 radical (unpaired) electrons. The molecule has 142 valence electrons. The number of nitrogens with zero attached hydrogens (tertiary/aromatic N) is 3. The van der Waals surface area contributed by atoms with Crippen LogP contribution in [-0.2, 0) is 4.74 Å². The first kappa shape index (κ1) is 19.2. The summed E-state index contributed by atoms with van der Waals surface area (Å²) >= 11 is 1.58. The van der Waals surface area contributed by atoms with Gasteiger partial charge in [-0.1, -0.05) is 18.2 Å². The molecule has 0 saturated heterocycles. The second-order valence-corrected chi connectivity index (χ2v) is 7.04. The number of carbonyl (C=O) groups excluding carboxylic acids is 1. The third-order valence-corrected chi connectivity index (χ3v) is 5.24. The Morgan fingerprint density at radius 2 is 2.15 bits per heavy atom. The lowest BCUT2D eigenvalue weighted by molar-refractivity contribution is 0.0522. The molecule has 7 heteroatoms. The summed E-state index contributed by atoms with van der Waals surface area (Å²) in [6, 6.07) is 9.99. The molecule has 1 aromatic heterocycles. The summed E-state index contributed by atoms with van der Waals surface area (Å²) in [5.74, 6) is -0.00888. The van der Waals surface area contributed by atoms with E-state index in [-0.39, 0.29) is 23.8 Å². The number of aromatic nitrogens is 2. The van der Waals surface area contributed by atoms with Gasteiger partial charge >= 0.3 is 5.97 Å². The molecule has 1 aliphatic rings. The molecule has 0 amide bonds. The first-order chi connectivity index (χ1) is 13.1. The molecule has 3 rings (SSSR count). The van der Waals surface area contributed by atoms with E-state index in [1.54, 1.807) is 23.4 Å². The number of para-hydroxylation sites is 1. The molecule has 1 aliphatic heterocycles. The average Bonchev–Trinajstić information content (AvgIpc) is 2.68. The monoisotopic (exact) mass is 385 g/mol. The van der Waals surface area contributed by atoms with Gasteiger partial charge in [0.1, 0.15) is 11.4 Å². The van der Waals surface area contributed by atoms with Gasteiger partial charge in [-0.25, -0.2) is 9.78 Å². The van der Waals surface area contributed by atoms with E-state index in [9.17, 15) is 9.59 Å². The third kappa shape index (κ3) is 3.93. The summed E-state index contributed by atoms with van der Waals surface area (Å²) in [6.45, 7) is 3.91. The molecule has 2 heterocycles. The molecule has 0 saturated carbocycles. The van der Waals surface area contributed by atoms with Gasteiger partial charge < -0.3 is 4.74 Å². The number of hydrogen-bond acceptors (Lipinski definition) is 6. The van der Waals surface area contributed by atoms with Crippen LogP contribution in [0.1, 0.15) is 48.9 Å². The van der Waals surface area contributed by atoms with Crippen LogP contribution in [0.3, 0.4) is 0 Å². The van der Waals surface area contributed by atoms with Crippen LogP contribution in [0, 0.1) is 0 Å². The summed E-state index contributed by atoms with van der Waals surface area (Å²) in [5.41, 5.74) is 1.66. The Kier molecular flexibility index (Phi) is 6.01. The lowest BCUT2D eigenvalue weighted by Crippen LogP contribution is -2.34. The Bertz CT molecular complexity index is 908. The smallest absolute Gasteiger partial charge is 0.345 e. The largest absolute Gasteiger partial charge is 0.462 e. The maximum Gasteiger partial charge on any atom is 0.345 e. The molecule has 1 atom stereocenters. The SMILES string of the molecule is CCOC(=O)c1cnc2n(c1=O)C(C)CCC2=CN(SC)c1ccccc1. The van der Waals surface area contributed by atoms with Gasteiger partial charge in [0, 0.05) is 30.3 Å². The summed E-state index contributed by atoms with van der Waals surface area (Å²) in [4.78, 5) is 29.4. The Balaban J connectivity index is 2.05. The predicted molar refractivity (Wildman–Crippen MR) is 109 cm³/mol. The number of anilines is 1. The second kappa shape index (κ2) is 8.43. The molecule has 0 N–H and O–H groups in total. The Morgan fingerprint density at radius 1 is 1.41 bits per heavy atom. The van der Waals surface area contributed by atoms with Gasteiger partial charge in [-0.3, -0.25) is 13.7 Å². The Labute approximate surface area is 163 Å². The van der Waals surface area contributed by atoms with E-state index >= 15 is 0 Å². The minimum Gasteiger partial charge on any atom is -0.462 e. The topological polar surface area (TPSA) is 64.4 Å². The first-order valence-electron chi connectivity index (χ1n) is 8.95. The molecule has 2 aromatic rings. The number of ether oxygens (including phenoxy) is 1. The fourth-order valence-electron chi connectivity index (χ4n) is 3.14. The zero-order chi connectivity index (χ0) is 19.4. The number of esters is 1. The molecule has 0 fully saturated rings. The van der Waals surface area contributed by atoms with Crippen LogP contribution in [0.25, 0.3) is 5.57 Å². The summed E-state index contributed by atoms with van der Waals surface area (Å²) < 4.78 is 8.66. The lowest BCUT2D eigenvalue weighted by atomic mass is 10.0. The lowest BCUT2D eigenvalue weighted by Gasteiger charge is -2.28. The van der Waals surface area contributed by atoms with Crippen molar-refractivity contribution in [2.24, 2.45) is 0 Å². The third-order valence-electron chi connectivity index (χ3n) is 4.53. The van der Waals surface area contributed by atoms with E-state index in [2.05, 4.69) is 9.29 Å².